The molecule has 0 amide bonds. The van der Waals surface area contributed by atoms with Crippen molar-refractivity contribution in [2.24, 2.45) is 34.5 Å². The molecule has 19 heavy (non-hydrogen) atoms. The first-order valence-corrected chi connectivity index (χ1v) is 8.43. The van der Waals surface area contributed by atoms with Gasteiger partial charge in [0.25, 0.3) is 0 Å². The molecule has 3 saturated carbocycles. The van der Waals surface area contributed by atoms with E-state index in [1.54, 1.807) is 0 Å². The van der Waals surface area contributed by atoms with E-state index in [0.29, 0.717) is 28.4 Å². The number of fused-ring (bicyclic) bond motifs is 2. The van der Waals surface area contributed by atoms with E-state index in [0.717, 1.165) is 24.7 Å². The Labute approximate surface area is 118 Å². The van der Waals surface area contributed by atoms with Gasteiger partial charge in [-0.2, -0.15) is 0 Å². The van der Waals surface area contributed by atoms with Crippen molar-refractivity contribution in [1.82, 2.24) is 0 Å². The SMILES string of the molecule is CCC1CCC(=O)C([C@@H]2C[C@H]3CC[C@]2(C)C3(C)C)C1. The highest BCUT2D eigenvalue weighted by atomic mass is 16.1. The van der Waals surface area contributed by atoms with Crippen molar-refractivity contribution in [1.29, 1.82) is 0 Å². The fraction of sp³-hybridized carbons (Fsp3) is 0.944. The molecule has 0 radical (unpaired) electrons. The summed E-state index contributed by atoms with van der Waals surface area (Å²) in [6.07, 6.45) is 8.56. The summed E-state index contributed by atoms with van der Waals surface area (Å²) in [5.41, 5.74) is 0.880. The van der Waals surface area contributed by atoms with Crippen molar-refractivity contribution >= 4 is 5.78 Å². The van der Waals surface area contributed by atoms with Crippen molar-refractivity contribution in [2.45, 2.75) is 72.6 Å². The maximum absolute atomic E-state index is 12.5. The lowest BCUT2D eigenvalue weighted by molar-refractivity contribution is -0.130. The summed E-state index contributed by atoms with van der Waals surface area (Å²) in [5, 5.41) is 0. The van der Waals surface area contributed by atoms with Gasteiger partial charge in [0.2, 0.25) is 0 Å². The Balaban J connectivity index is 1.85. The molecule has 3 fully saturated rings. The number of hydrogen-bond donors (Lipinski definition) is 0. The number of hydrogen-bond acceptors (Lipinski definition) is 1. The fourth-order valence-corrected chi connectivity index (χ4v) is 5.77. The van der Waals surface area contributed by atoms with Crippen LogP contribution < -0.4 is 0 Å². The summed E-state index contributed by atoms with van der Waals surface area (Å²) in [6, 6.07) is 0. The molecule has 1 heteroatoms. The number of ketones is 1. The highest BCUT2D eigenvalue weighted by Gasteiger charge is 2.63. The molecule has 3 rings (SSSR count). The summed E-state index contributed by atoms with van der Waals surface area (Å²) in [7, 11) is 0. The molecule has 1 nitrogen and oxygen atoms in total. The molecule has 0 heterocycles. The third-order valence-corrected chi connectivity index (χ3v) is 7.72. The standard InChI is InChI=1S/C18H30O/c1-5-12-6-7-16(19)14(10-12)15-11-13-8-9-18(15,4)17(13,2)3/h12-15H,5-11H2,1-4H3/t12?,13-,14?,15+,18+/m1/s1. The Kier molecular flexibility index (Phi) is 3.11. The maximum Gasteiger partial charge on any atom is 0.136 e. The van der Waals surface area contributed by atoms with Crippen LogP contribution >= 0.6 is 0 Å². The van der Waals surface area contributed by atoms with Gasteiger partial charge in [-0.3, -0.25) is 4.79 Å². The minimum Gasteiger partial charge on any atom is -0.299 e. The van der Waals surface area contributed by atoms with Crippen LogP contribution in [0.2, 0.25) is 0 Å². The predicted octanol–water partition coefficient (Wildman–Crippen LogP) is 4.84. The van der Waals surface area contributed by atoms with Gasteiger partial charge in [0.1, 0.15) is 5.78 Å². The van der Waals surface area contributed by atoms with Gasteiger partial charge in [-0.1, -0.05) is 34.1 Å². The number of rotatable bonds is 2. The average Bonchev–Trinajstić information content (AvgIpc) is 2.72. The second-order valence-corrected chi connectivity index (χ2v) is 8.34. The Hall–Kier alpha value is -0.330. The molecule has 108 valence electrons. The molecule has 3 aliphatic carbocycles. The first-order valence-electron chi connectivity index (χ1n) is 8.43. The maximum atomic E-state index is 12.5. The van der Waals surface area contributed by atoms with Gasteiger partial charge in [0.05, 0.1) is 0 Å². The van der Waals surface area contributed by atoms with Gasteiger partial charge in [0, 0.05) is 12.3 Å². The fourth-order valence-electron chi connectivity index (χ4n) is 5.77. The normalized spacial score (nSPS) is 48.7. The van der Waals surface area contributed by atoms with Gasteiger partial charge in [-0.15, -0.1) is 0 Å². The minimum atomic E-state index is 0.397. The van der Waals surface area contributed by atoms with E-state index >= 15 is 0 Å². The summed E-state index contributed by atoms with van der Waals surface area (Å²) in [5.74, 6) is 3.36. The van der Waals surface area contributed by atoms with Crippen LogP contribution in [0.15, 0.2) is 0 Å². The first kappa shape index (κ1) is 13.6. The summed E-state index contributed by atoms with van der Waals surface area (Å²) < 4.78 is 0. The van der Waals surface area contributed by atoms with Crippen LogP contribution in [0.3, 0.4) is 0 Å². The van der Waals surface area contributed by atoms with Crippen LogP contribution in [0, 0.1) is 34.5 Å². The molecule has 5 atom stereocenters. The van der Waals surface area contributed by atoms with Gasteiger partial charge in [-0.05, 0) is 60.7 Å². The smallest absolute Gasteiger partial charge is 0.136 e. The molecule has 0 aromatic heterocycles. The van der Waals surface area contributed by atoms with Crippen LogP contribution in [-0.2, 0) is 4.79 Å². The molecular formula is C18H30O. The zero-order valence-electron chi connectivity index (χ0n) is 13.2. The molecule has 0 saturated heterocycles. The lowest BCUT2D eigenvalue weighted by Gasteiger charge is -2.44. The number of carbonyl (C=O) groups excluding carboxylic acids is 1. The molecular weight excluding hydrogens is 232 g/mol. The molecule has 3 aliphatic rings. The van der Waals surface area contributed by atoms with Crippen LogP contribution in [0.5, 0.6) is 0 Å². The molecule has 0 spiro atoms. The molecule has 0 N–H and O–H groups in total. The Morgan fingerprint density at radius 2 is 1.89 bits per heavy atom. The van der Waals surface area contributed by atoms with Gasteiger partial charge in [-0.25, -0.2) is 0 Å². The van der Waals surface area contributed by atoms with Crippen molar-refractivity contribution in [2.75, 3.05) is 0 Å². The Morgan fingerprint density at radius 1 is 1.16 bits per heavy atom. The summed E-state index contributed by atoms with van der Waals surface area (Å²) in [6.45, 7) is 9.72. The lowest BCUT2D eigenvalue weighted by Crippen LogP contribution is -2.40. The van der Waals surface area contributed by atoms with Crippen LogP contribution in [0.25, 0.3) is 0 Å². The Bertz CT molecular complexity index is 383. The zero-order valence-corrected chi connectivity index (χ0v) is 13.2. The molecule has 0 aliphatic heterocycles. The number of carbonyl (C=O) groups is 1. The van der Waals surface area contributed by atoms with E-state index in [1.165, 1.54) is 32.1 Å². The minimum absolute atomic E-state index is 0.397. The van der Waals surface area contributed by atoms with Crippen LogP contribution in [0.1, 0.15) is 72.6 Å². The molecule has 2 unspecified atom stereocenters. The van der Waals surface area contributed by atoms with Crippen molar-refractivity contribution in [3.63, 3.8) is 0 Å². The highest BCUT2D eigenvalue weighted by Crippen LogP contribution is 2.70. The second kappa shape index (κ2) is 4.33. The quantitative estimate of drug-likeness (QED) is 0.695. The number of Topliss-reactive ketones (excluding diaryl/α,β-unsaturated/α-hetero) is 1. The van der Waals surface area contributed by atoms with Crippen LogP contribution in [-0.4, -0.2) is 5.78 Å². The van der Waals surface area contributed by atoms with E-state index in [9.17, 15) is 4.79 Å². The first-order chi connectivity index (χ1) is 8.90. The monoisotopic (exact) mass is 262 g/mol. The van der Waals surface area contributed by atoms with Gasteiger partial charge < -0.3 is 0 Å². The topological polar surface area (TPSA) is 17.1 Å². The van der Waals surface area contributed by atoms with Crippen molar-refractivity contribution in [3.8, 4) is 0 Å². The van der Waals surface area contributed by atoms with E-state index in [1.807, 2.05) is 0 Å². The summed E-state index contributed by atoms with van der Waals surface area (Å²) in [4.78, 5) is 12.5. The van der Waals surface area contributed by atoms with E-state index < -0.39 is 0 Å². The highest BCUT2D eigenvalue weighted by molar-refractivity contribution is 5.82. The molecule has 0 aromatic carbocycles. The van der Waals surface area contributed by atoms with Gasteiger partial charge in [0.15, 0.2) is 0 Å². The second-order valence-electron chi connectivity index (χ2n) is 8.34. The molecule has 2 bridgehead atoms. The van der Waals surface area contributed by atoms with Crippen molar-refractivity contribution in [3.05, 3.63) is 0 Å². The summed E-state index contributed by atoms with van der Waals surface area (Å²) >= 11 is 0. The average molecular weight is 262 g/mol. The third kappa shape index (κ3) is 1.76. The zero-order chi connectivity index (χ0) is 13.8. The van der Waals surface area contributed by atoms with E-state index in [4.69, 9.17) is 0 Å². The Morgan fingerprint density at radius 3 is 2.42 bits per heavy atom. The predicted molar refractivity (Wildman–Crippen MR) is 78.8 cm³/mol. The van der Waals surface area contributed by atoms with E-state index in [-0.39, 0.29) is 0 Å². The lowest BCUT2D eigenvalue weighted by atomic mass is 9.60. The van der Waals surface area contributed by atoms with Crippen molar-refractivity contribution < 1.29 is 4.79 Å². The molecule has 0 aromatic rings. The third-order valence-electron chi connectivity index (χ3n) is 7.72. The van der Waals surface area contributed by atoms with E-state index in [2.05, 4.69) is 27.7 Å². The largest absolute Gasteiger partial charge is 0.299 e. The van der Waals surface area contributed by atoms with Crippen LogP contribution in [0.4, 0.5) is 0 Å². The van der Waals surface area contributed by atoms with Gasteiger partial charge >= 0.3 is 0 Å².